The number of imidazole rings is 1. The monoisotopic (exact) mass is 359 g/mol. The Morgan fingerprint density at radius 2 is 1.74 bits per heavy atom. The summed E-state index contributed by atoms with van der Waals surface area (Å²) >= 11 is 0. The van der Waals surface area contributed by atoms with Gasteiger partial charge in [0.15, 0.2) is 5.82 Å². The normalized spacial score (nSPS) is 15.0. The van der Waals surface area contributed by atoms with Crippen LogP contribution >= 0.6 is 0 Å². The minimum atomic E-state index is -0.442. The van der Waals surface area contributed by atoms with Crippen LogP contribution in [0.5, 0.6) is 0 Å². The summed E-state index contributed by atoms with van der Waals surface area (Å²) in [5.74, 6) is 0.271. The molecule has 1 fully saturated rings. The number of ketones is 1. The molecule has 0 aliphatic heterocycles. The van der Waals surface area contributed by atoms with Gasteiger partial charge in [0.25, 0.3) is 0 Å². The van der Waals surface area contributed by atoms with Crippen molar-refractivity contribution < 1.29 is 9.59 Å². The molecule has 5 nitrogen and oxygen atoms in total. The summed E-state index contributed by atoms with van der Waals surface area (Å²) in [5.41, 5.74) is 1.86. The zero-order valence-corrected chi connectivity index (χ0v) is 15.2. The van der Waals surface area contributed by atoms with Crippen molar-refractivity contribution in [3.05, 3.63) is 83.9 Å². The minimum absolute atomic E-state index is 0.0168. The summed E-state index contributed by atoms with van der Waals surface area (Å²) in [6, 6.07) is 16.9. The molecule has 0 saturated heterocycles. The Morgan fingerprint density at radius 1 is 1.04 bits per heavy atom. The Labute approximate surface area is 158 Å². The van der Waals surface area contributed by atoms with Crippen LogP contribution in [0.3, 0.4) is 0 Å². The molecule has 0 unspecified atom stereocenters. The lowest BCUT2D eigenvalue weighted by molar-refractivity contribution is -0.124. The molecule has 1 N–H and O–H groups in total. The average molecular weight is 359 g/mol. The van der Waals surface area contributed by atoms with Crippen LogP contribution in [0, 0.1) is 0 Å². The van der Waals surface area contributed by atoms with Gasteiger partial charge in [-0.05, 0) is 42.7 Å². The molecule has 1 amide bonds. The van der Waals surface area contributed by atoms with Gasteiger partial charge >= 0.3 is 0 Å². The van der Waals surface area contributed by atoms with Crippen molar-refractivity contribution >= 4 is 17.4 Å². The summed E-state index contributed by atoms with van der Waals surface area (Å²) in [6.45, 7) is 0. The molecule has 1 aliphatic rings. The van der Waals surface area contributed by atoms with Crippen LogP contribution in [-0.2, 0) is 17.3 Å². The quantitative estimate of drug-likeness (QED) is 0.706. The van der Waals surface area contributed by atoms with E-state index in [0.29, 0.717) is 17.1 Å². The van der Waals surface area contributed by atoms with Gasteiger partial charge in [0.05, 0.1) is 5.41 Å². The standard InChI is InChI=1S/C22H21N3O2/c1-25-15-14-23-20(25)19(26)16-8-10-18(11-9-16)24-21(27)22(12-5-13-22)17-6-3-2-4-7-17/h2-4,6-11,14-15H,5,12-13H2,1H3,(H,24,27). The fourth-order valence-corrected chi connectivity index (χ4v) is 3.60. The fourth-order valence-electron chi connectivity index (χ4n) is 3.60. The van der Waals surface area contributed by atoms with Crippen molar-refractivity contribution in [2.45, 2.75) is 24.7 Å². The largest absolute Gasteiger partial charge is 0.331 e. The Kier molecular flexibility index (Phi) is 4.36. The molecule has 4 rings (SSSR count). The van der Waals surface area contributed by atoms with E-state index in [1.54, 1.807) is 48.3 Å². The van der Waals surface area contributed by atoms with E-state index in [4.69, 9.17) is 0 Å². The van der Waals surface area contributed by atoms with Gasteiger partial charge in [-0.2, -0.15) is 0 Å². The van der Waals surface area contributed by atoms with E-state index < -0.39 is 5.41 Å². The molecular weight excluding hydrogens is 338 g/mol. The van der Waals surface area contributed by atoms with E-state index in [2.05, 4.69) is 10.3 Å². The summed E-state index contributed by atoms with van der Waals surface area (Å²) in [5, 5.41) is 3.02. The summed E-state index contributed by atoms with van der Waals surface area (Å²) in [6.07, 6.45) is 6.11. The number of aryl methyl sites for hydroxylation is 1. The zero-order valence-electron chi connectivity index (χ0n) is 15.2. The molecule has 5 heteroatoms. The number of nitrogens with zero attached hydrogens (tertiary/aromatic N) is 2. The van der Waals surface area contributed by atoms with Crippen molar-refractivity contribution in [3.8, 4) is 0 Å². The second-order valence-corrected chi connectivity index (χ2v) is 7.02. The van der Waals surface area contributed by atoms with Gasteiger partial charge in [0.2, 0.25) is 11.7 Å². The average Bonchev–Trinajstić information content (AvgIpc) is 3.08. The molecule has 2 aromatic carbocycles. The van der Waals surface area contributed by atoms with E-state index in [-0.39, 0.29) is 11.7 Å². The third kappa shape index (κ3) is 3.05. The van der Waals surface area contributed by atoms with Gasteiger partial charge in [0, 0.05) is 30.7 Å². The van der Waals surface area contributed by atoms with Crippen LogP contribution in [-0.4, -0.2) is 21.2 Å². The highest BCUT2D eigenvalue weighted by Gasteiger charge is 2.45. The highest BCUT2D eigenvalue weighted by molar-refractivity contribution is 6.07. The van der Waals surface area contributed by atoms with Crippen molar-refractivity contribution in [1.82, 2.24) is 9.55 Å². The molecule has 0 spiro atoms. The van der Waals surface area contributed by atoms with Crippen LogP contribution in [0.25, 0.3) is 0 Å². The Hall–Kier alpha value is -3.21. The number of nitrogens with one attached hydrogen (secondary N) is 1. The van der Waals surface area contributed by atoms with Crippen molar-refractivity contribution in [2.75, 3.05) is 5.32 Å². The predicted octanol–water partition coefficient (Wildman–Crippen LogP) is 3.71. The number of carbonyl (C=O) groups excluding carboxylic acids is 2. The lowest BCUT2D eigenvalue weighted by atomic mass is 9.64. The van der Waals surface area contributed by atoms with Crippen LogP contribution in [0.1, 0.15) is 41.0 Å². The Morgan fingerprint density at radius 3 is 2.30 bits per heavy atom. The smallest absolute Gasteiger partial charge is 0.235 e. The molecule has 1 aromatic heterocycles. The zero-order chi connectivity index (χ0) is 18.9. The highest BCUT2D eigenvalue weighted by Crippen LogP contribution is 2.44. The summed E-state index contributed by atoms with van der Waals surface area (Å²) in [4.78, 5) is 29.6. The summed E-state index contributed by atoms with van der Waals surface area (Å²) in [7, 11) is 1.79. The number of carbonyl (C=O) groups is 2. The third-order valence-electron chi connectivity index (χ3n) is 5.40. The number of hydrogen-bond donors (Lipinski definition) is 1. The Balaban J connectivity index is 1.51. The molecule has 0 atom stereocenters. The molecule has 136 valence electrons. The van der Waals surface area contributed by atoms with Gasteiger partial charge in [-0.25, -0.2) is 4.98 Å². The maximum atomic E-state index is 13.0. The lowest BCUT2D eigenvalue weighted by Gasteiger charge is -2.40. The van der Waals surface area contributed by atoms with E-state index in [0.717, 1.165) is 24.8 Å². The minimum Gasteiger partial charge on any atom is -0.331 e. The Bertz CT molecular complexity index is 970. The van der Waals surface area contributed by atoms with Gasteiger partial charge in [0.1, 0.15) is 0 Å². The van der Waals surface area contributed by atoms with E-state index in [1.165, 1.54) is 0 Å². The number of aromatic nitrogens is 2. The third-order valence-corrected chi connectivity index (χ3v) is 5.40. The highest BCUT2D eigenvalue weighted by atomic mass is 16.2. The van der Waals surface area contributed by atoms with E-state index in [9.17, 15) is 9.59 Å². The first-order valence-corrected chi connectivity index (χ1v) is 9.09. The second kappa shape index (κ2) is 6.83. The molecule has 1 aliphatic carbocycles. The maximum absolute atomic E-state index is 13.0. The second-order valence-electron chi connectivity index (χ2n) is 7.02. The predicted molar refractivity (Wildman–Crippen MR) is 104 cm³/mol. The molecular formula is C22H21N3O2. The molecule has 1 saturated carbocycles. The molecule has 0 bridgehead atoms. The topological polar surface area (TPSA) is 64.0 Å². The SMILES string of the molecule is Cn1ccnc1C(=O)c1ccc(NC(=O)C2(c3ccccc3)CCC2)cc1. The van der Waals surface area contributed by atoms with Crippen LogP contribution in [0.2, 0.25) is 0 Å². The number of hydrogen-bond acceptors (Lipinski definition) is 3. The van der Waals surface area contributed by atoms with Crippen molar-refractivity contribution in [2.24, 2.45) is 7.05 Å². The van der Waals surface area contributed by atoms with Crippen molar-refractivity contribution in [3.63, 3.8) is 0 Å². The van der Waals surface area contributed by atoms with Gasteiger partial charge in [-0.15, -0.1) is 0 Å². The number of benzene rings is 2. The van der Waals surface area contributed by atoms with Crippen LogP contribution in [0.15, 0.2) is 67.0 Å². The number of amides is 1. The first-order chi connectivity index (χ1) is 13.1. The van der Waals surface area contributed by atoms with Gasteiger partial charge in [-0.1, -0.05) is 36.8 Å². The number of anilines is 1. The van der Waals surface area contributed by atoms with Crippen LogP contribution < -0.4 is 5.32 Å². The van der Waals surface area contributed by atoms with E-state index in [1.807, 2.05) is 30.3 Å². The first-order valence-electron chi connectivity index (χ1n) is 9.09. The maximum Gasteiger partial charge on any atom is 0.235 e. The molecule has 1 heterocycles. The van der Waals surface area contributed by atoms with Gasteiger partial charge in [-0.3, -0.25) is 9.59 Å². The first kappa shape index (κ1) is 17.2. The molecule has 0 radical (unpaired) electrons. The summed E-state index contributed by atoms with van der Waals surface area (Å²) < 4.78 is 1.69. The van der Waals surface area contributed by atoms with Crippen LogP contribution in [0.4, 0.5) is 5.69 Å². The van der Waals surface area contributed by atoms with E-state index >= 15 is 0 Å². The van der Waals surface area contributed by atoms with Gasteiger partial charge < -0.3 is 9.88 Å². The fraction of sp³-hybridized carbons (Fsp3) is 0.227. The molecule has 3 aromatic rings. The van der Waals surface area contributed by atoms with Crippen molar-refractivity contribution in [1.29, 1.82) is 0 Å². The number of rotatable bonds is 5. The lowest BCUT2D eigenvalue weighted by Crippen LogP contribution is -2.45. The molecule has 27 heavy (non-hydrogen) atoms.